The molecule has 1 N–H and O–H groups in total. The maximum atomic E-state index is 12.4. The number of hydrogen-bond donors (Lipinski definition) is 1. The van der Waals surface area contributed by atoms with Crippen LogP contribution >= 0.6 is 11.6 Å². The fourth-order valence-corrected chi connectivity index (χ4v) is 3.27. The van der Waals surface area contributed by atoms with Crippen LogP contribution in [0.5, 0.6) is 0 Å². The minimum atomic E-state index is -1.12. The zero-order valence-electron chi connectivity index (χ0n) is 16.8. The van der Waals surface area contributed by atoms with Crippen LogP contribution in [0.3, 0.4) is 0 Å². The molecule has 0 spiro atoms. The lowest BCUT2D eigenvalue weighted by atomic mass is 10.1. The summed E-state index contributed by atoms with van der Waals surface area (Å²) in [4.78, 5) is 50.2. The van der Waals surface area contributed by atoms with Crippen LogP contribution in [-0.2, 0) is 14.3 Å². The van der Waals surface area contributed by atoms with E-state index in [0.29, 0.717) is 16.8 Å². The summed E-state index contributed by atoms with van der Waals surface area (Å²) in [5.74, 6) is -2.24. The largest absolute Gasteiger partial charge is 0.452 e. The van der Waals surface area contributed by atoms with E-state index in [1.54, 1.807) is 18.2 Å². The Kier molecular flexibility index (Phi) is 6.37. The molecular weight excluding hydrogens is 422 g/mol. The molecule has 31 heavy (non-hydrogen) atoms. The van der Waals surface area contributed by atoms with Gasteiger partial charge >= 0.3 is 5.97 Å². The van der Waals surface area contributed by atoms with Gasteiger partial charge in [-0.15, -0.1) is 0 Å². The highest BCUT2D eigenvalue weighted by atomic mass is 35.5. The van der Waals surface area contributed by atoms with E-state index in [-0.39, 0.29) is 23.6 Å². The van der Waals surface area contributed by atoms with Gasteiger partial charge in [-0.1, -0.05) is 23.2 Å². The third-order valence-electron chi connectivity index (χ3n) is 4.70. The van der Waals surface area contributed by atoms with Crippen molar-refractivity contribution in [1.82, 2.24) is 4.90 Å². The first-order valence-corrected chi connectivity index (χ1v) is 9.76. The van der Waals surface area contributed by atoms with E-state index < -0.39 is 29.8 Å². The average Bonchev–Trinajstić information content (AvgIpc) is 2.96. The predicted molar refractivity (Wildman–Crippen MR) is 112 cm³/mol. The maximum absolute atomic E-state index is 12.4. The van der Waals surface area contributed by atoms with Gasteiger partial charge in [0, 0.05) is 12.2 Å². The summed E-state index contributed by atoms with van der Waals surface area (Å²) in [6.45, 7) is 3.06. The number of nitriles is 1. The first kappa shape index (κ1) is 22.0. The smallest absolute Gasteiger partial charge is 0.308 e. The fraction of sp³-hybridized carbons (Fsp3) is 0.227. The molecule has 2 aromatic rings. The molecule has 1 heterocycles. The number of halogens is 1. The number of anilines is 1. The van der Waals surface area contributed by atoms with Crippen LogP contribution in [0.25, 0.3) is 0 Å². The van der Waals surface area contributed by atoms with E-state index in [1.165, 1.54) is 25.1 Å². The summed E-state index contributed by atoms with van der Waals surface area (Å²) in [7, 11) is 0. The quantitative estimate of drug-likeness (QED) is 0.546. The molecule has 1 unspecified atom stereocenters. The highest BCUT2D eigenvalue weighted by Crippen LogP contribution is 2.24. The molecule has 158 valence electrons. The Balaban J connectivity index is 1.53. The highest BCUT2D eigenvalue weighted by molar-refractivity contribution is 6.32. The van der Waals surface area contributed by atoms with Gasteiger partial charge < -0.3 is 10.1 Å². The van der Waals surface area contributed by atoms with Gasteiger partial charge in [0.25, 0.3) is 17.7 Å². The van der Waals surface area contributed by atoms with Crippen molar-refractivity contribution in [2.45, 2.75) is 26.4 Å². The number of hydrogen-bond acceptors (Lipinski definition) is 6. The summed E-state index contributed by atoms with van der Waals surface area (Å²) in [5, 5.41) is 11.6. The topological polar surface area (TPSA) is 117 Å². The van der Waals surface area contributed by atoms with Crippen molar-refractivity contribution in [3.63, 3.8) is 0 Å². The predicted octanol–water partition coefficient (Wildman–Crippen LogP) is 3.08. The van der Waals surface area contributed by atoms with Gasteiger partial charge in [0.15, 0.2) is 6.10 Å². The normalized spacial score (nSPS) is 13.4. The Bertz CT molecular complexity index is 1140. The van der Waals surface area contributed by atoms with Crippen LogP contribution in [0.2, 0.25) is 5.02 Å². The first-order chi connectivity index (χ1) is 14.7. The number of esters is 1. The van der Waals surface area contributed by atoms with E-state index in [2.05, 4.69) is 5.32 Å². The lowest BCUT2D eigenvalue weighted by molar-refractivity contribution is -0.153. The zero-order chi connectivity index (χ0) is 22.7. The highest BCUT2D eigenvalue weighted by Gasteiger charge is 2.35. The molecule has 3 amide bonds. The van der Waals surface area contributed by atoms with Crippen LogP contribution in [0.1, 0.15) is 45.2 Å². The van der Waals surface area contributed by atoms with Crippen molar-refractivity contribution in [2.24, 2.45) is 0 Å². The third kappa shape index (κ3) is 4.73. The number of benzene rings is 2. The van der Waals surface area contributed by atoms with Crippen LogP contribution < -0.4 is 5.32 Å². The number of ether oxygens (including phenoxy) is 1. The lowest BCUT2D eigenvalue weighted by Crippen LogP contribution is -2.34. The Hall–Kier alpha value is -3.70. The molecule has 3 rings (SSSR count). The molecule has 9 heteroatoms. The number of carbonyl (C=O) groups excluding carboxylic acids is 4. The van der Waals surface area contributed by atoms with Crippen molar-refractivity contribution in [3.05, 3.63) is 63.7 Å². The van der Waals surface area contributed by atoms with Gasteiger partial charge in [-0.25, -0.2) is 0 Å². The number of amides is 3. The number of nitrogens with one attached hydrogen (secondary N) is 1. The lowest BCUT2D eigenvalue weighted by Gasteiger charge is -2.16. The molecule has 8 nitrogen and oxygen atoms in total. The van der Waals surface area contributed by atoms with E-state index >= 15 is 0 Å². The molecule has 0 saturated carbocycles. The van der Waals surface area contributed by atoms with Crippen LogP contribution in [0.4, 0.5) is 5.69 Å². The van der Waals surface area contributed by atoms with E-state index in [4.69, 9.17) is 21.6 Å². The summed E-state index contributed by atoms with van der Waals surface area (Å²) in [6, 6.07) is 11.2. The summed E-state index contributed by atoms with van der Waals surface area (Å²) < 4.78 is 5.10. The van der Waals surface area contributed by atoms with Gasteiger partial charge in [-0.2, -0.15) is 5.26 Å². The molecule has 0 saturated heterocycles. The van der Waals surface area contributed by atoms with E-state index in [1.807, 2.05) is 13.0 Å². The molecule has 0 bridgehead atoms. The third-order valence-corrected chi connectivity index (χ3v) is 5.01. The Labute approximate surface area is 183 Å². The molecule has 0 fully saturated rings. The van der Waals surface area contributed by atoms with Crippen LogP contribution in [0, 0.1) is 18.3 Å². The molecule has 1 aliphatic heterocycles. The minimum absolute atomic E-state index is 0.149. The Morgan fingerprint density at radius 1 is 1.16 bits per heavy atom. The van der Waals surface area contributed by atoms with E-state index in [9.17, 15) is 19.2 Å². The average molecular weight is 440 g/mol. The number of nitrogens with zero attached hydrogens (tertiary/aromatic N) is 2. The summed E-state index contributed by atoms with van der Waals surface area (Å²) in [6.07, 6.45) is -1.36. The first-order valence-electron chi connectivity index (χ1n) is 9.38. The van der Waals surface area contributed by atoms with Crippen LogP contribution in [0.15, 0.2) is 36.4 Å². The van der Waals surface area contributed by atoms with Gasteiger partial charge in [0.2, 0.25) is 0 Å². The number of rotatable bonds is 6. The molecule has 0 aromatic heterocycles. The number of aryl methyl sites for hydroxylation is 1. The van der Waals surface area contributed by atoms with Gasteiger partial charge in [-0.05, 0) is 44.2 Å². The second-order valence-electron chi connectivity index (χ2n) is 6.99. The Morgan fingerprint density at radius 2 is 1.87 bits per heavy atom. The van der Waals surface area contributed by atoms with Crippen molar-refractivity contribution in [3.8, 4) is 6.07 Å². The SMILES string of the molecule is Cc1ccc2c(c1)C(=O)N(CCC(=O)OC(C)C(=O)Nc1ccc(C#N)c(Cl)c1)C2=O. The molecule has 1 atom stereocenters. The van der Waals surface area contributed by atoms with Crippen molar-refractivity contribution in [2.75, 3.05) is 11.9 Å². The second-order valence-corrected chi connectivity index (χ2v) is 7.40. The van der Waals surface area contributed by atoms with Crippen molar-refractivity contribution >= 4 is 41.0 Å². The molecular formula is C22H18ClN3O5. The zero-order valence-corrected chi connectivity index (χ0v) is 17.5. The fourth-order valence-electron chi connectivity index (χ4n) is 3.05. The summed E-state index contributed by atoms with van der Waals surface area (Å²) in [5.41, 5.74) is 2.08. The van der Waals surface area contributed by atoms with Crippen molar-refractivity contribution in [1.29, 1.82) is 5.26 Å². The number of imide groups is 1. The van der Waals surface area contributed by atoms with E-state index in [0.717, 1.165) is 10.5 Å². The van der Waals surface area contributed by atoms with Crippen LogP contribution in [-0.4, -0.2) is 41.2 Å². The molecule has 0 aliphatic carbocycles. The van der Waals surface area contributed by atoms with Gasteiger partial charge in [0.05, 0.1) is 28.1 Å². The molecule has 2 aromatic carbocycles. The monoisotopic (exact) mass is 439 g/mol. The molecule has 0 radical (unpaired) electrons. The van der Waals surface area contributed by atoms with Gasteiger partial charge in [-0.3, -0.25) is 24.1 Å². The second kappa shape index (κ2) is 8.98. The van der Waals surface area contributed by atoms with Crippen molar-refractivity contribution < 1.29 is 23.9 Å². The summed E-state index contributed by atoms with van der Waals surface area (Å²) >= 11 is 5.93. The minimum Gasteiger partial charge on any atom is -0.452 e. The molecule has 1 aliphatic rings. The standard InChI is InChI=1S/C22H18ClN3O5/c1-12-3-6-16-17(9-12)22(30)26(21(16)29)8-7-19(27)31-13(2)20(28)25-15-5-4-14(11-24)18(23)10-15/h3-6,9-10,13H,7-8H2,1-2H3,(H,25,28). The maximum Gasteiger partial charge on any atom is 0.308 e. The Morgan fingerprint density at radius 3 is 2.55 bits per heavy atom. The number of carbonyl (C=O) groups is 4. The van der Waals surface area contributed by atoms with Gasteiger partial charge in [0.1, 0.15) is 6.07 Å². The number of fused-ring (bicyclic) bond motifs is 1.